The Morgan fingerprint density at radius 1 is 1.20 bits per heavy atom. The Bertz CT molecular complexity index is 437. The van der Waals surface area contributed by atoms with E-state index in [0.717, 1.165) is 6.07 Å². The van der Waals surface area contributed by atoms with Crippen LogP contribution < -0.4 is 0 Å². The van der Waals surface area contributed by atoms with Crippen LogP contribution in [0.25, 0.3) is 0 Å². The minimum absolute atomic E-state index is 0.0124. The third-order valence-electron chi connectivity index (χ3n) is 2.45. The monoisotopic (exact) mass is 278 g/mol. The summed E-state index contributed by atoms with van der Waals surface area (Å²) in [6, 6.07) is 2.21. The summed E-state index contributed by atoms with van der Waals surface area (Å²) in [4.78, 5) is 11.3. The number of carbonyl (C=O) groups excluding carboxylic acids is 1. The Labute approximate surface area is 92.4 Å². The highest BCUT2D eigenvalue weighted by Gasteiger charge is 2.35. The number of hydrogen-bond donors (Lipinski definition) is 0. The smallest absolute Gasteiger partial charge is 0.294 e. The quantitative estimate of drug-likeness (QED) is 0.709. The normalized spacial score (nSPS) is 15.6. The zero-order valence-electron chi connectivity index (χ0n) is 7.49. The number of alkyl halides is 3. The fourth-order valence-electron chi connectivity index (χ4n) is 1.72. The minimum Gasteiger partial charge on any atom is -0.294 e. The topological polar surface area (TPSA) is 17.1 Å². The van der Waals surface area contributed by atoms with Gasteiger partial charge in [0.2, 0.25) is 0 Å². The minimum atomic E-state index is -4.38. The van der Waals surface area contributed by atoms with Crippen LogP contribution in [0.15, 0.2) is 16.6 Å². The van der Waals surface area contributed by atoms with Crippen LogP contribution in [-0.4, -0.2) is 5.78 Å². The highest BCUT2D eigenvalue weighted by molar-refractivity contribution is 9.10. The van der Waals surface area contributed by atoms with Crippen molar-refractivity contribution < 1.29 is 18.0 Å². The molecule has 0 N–H and O–H groups in total. The van der Waals surface area contributed by atoms with E-state index in [9.17, 15) is 18.0 Å². The SMILES string of the molecule is O=C1CCc2c1ccc(C(F)(F)F)c2Br. The van der Waals surface area contributed by atoms with Gasteiger partial charge >= 0.3 is 6.18 Å². The maximum Gasteiger partial charge on any atom is 0.417 e. The molecule has 0 saturated heterocycles. The van der Waals surface area contributed by atoms with Crippen LogP contribution in [0, 0.1) is 0 Å². The van der Waals surface area contributed by atoms with Crippen molar-refractivity contribution >= 4 is 21.7 Å². The molecular formula is C10H6BrF3O. The summed E-state index contributed by atoms with van der Waals surface area (Å²) >= 11 is 2.92. The van der Waals surface area contributed by atoms with Gasteiger partial charge in [0, 0.05) is 16.5 Å². The maximum atomic E-state index is 12.5. The van der Waals surface area contributed by atoms with Crippen molar-refractivity contribution in [3.8, 4) is 0 Å². The molecule has 5 heteroatoms. The van der Waals surface area contributed by atoms with Gasteiger partial charge in [-0.25, -0.2) is 0 Å². The van der Waals surface area contributed by atoms with Crippen LogP contribution in [0.1, 0.15) is 27.9 Å². The molecule has 0 saturated carbocycles. The van der Waals surface area contributed by atoms with Gasteiger partial charge in [0.05, 0.1) is 5.56 Å². The molecule has 2 rings (SSSR count). The first-order chi connectivity index (χ1) is 6.91. The van der Waals surface area contributed by atoms with Gasteiger partial charge in [-0.1, -0.05) is 6.07 Å². The van der Waals surface area contributed by atoms with Crippen molar-refractivity contribution in [3.05, 3.63) is 33.3 Å². The summed E-state index contributed by atoms with van der Waals surface area (Å²) in [5.41, 5.74) is 0.181. The second-order valence-electron chi connectivity index (χ2n) is 3.37. The molecule has 1 aliphatic rings. The van der Waals surface area contributed by atoms with E-state index in [1.54, 1.807) is 0 Å². The molecule has 0 aliphatic heterocycles. The summed E-state index contributed by atoms with van der Waals surface area (Å²) in [7, 11) is 0. The lowest BCUT2D eigenvalue weighted by Crippen LogP contribution is -2.07. The summed E-state index contributed by atoms with van der Waals surface area (Å²) in [5, 5.41) is 0. The average Bonchev–Trinajstić information content (AvgIpc) is 2.47. The van der Waals surface area contributed by atoms with Gasteiger partial charge in [-0.2, -0.15) is 13.2 Å². The lowest BCUT2D eigenvalue weighted by atomic mass is 10.1. The molecule has 0 atom stereocenters. The zero-order valence-corrected chi connectivity index (χ0v) is 9.08. The van der Waals surface area contributed by atoms with Gasteiger partial charge < -0.3 is 0 Å². The Morgan fingerprint density at radius 2 is 1.87 bits per heavy atom. The van der Waals surface area contributed by atoms with E-state index in [-0.39, 0.29) is 10.3 Å². The van der Waals surface area contributed by atoms with Crippen LogP contribution in [0.3, 0.4) is 0 Å². The number of rotatable bonds is 0. The van der Waals surface area contributed by atoms with Gasteiger partial charge in [0.15, 0.2) is 5.78 Å². The second-order valence-corrected chi connectivity index (χ2v) is 4.17. The molecule has 0 amide bonds. The van der Waals surface area contributed by atoms with Gasteiger partial charge in [-0.15, -0.1) is 0 Å². The number of carbonyl (C=O) groups is 1. The first kappa shape index (κ1) is 10.7. The molecule has 1 aliphatic carbocycles. The van der Waals surface area contributed by atoms with Gasteiger partial charge in [0.25, 0.3) is 0 Å². The molecule has 1 nitrogen and oxygen atoms in total. The zero-order chi connectivity index (χ0) is 11.2. The number of benzene rings is 1. The molecule has 80 valence electrons. The van der Waals surface area contributed by atoms with Gasteiger partial charge in [-0.3, -0.25) is 4.79 Å². The van der Waals surface area contributed by atoms with Crippen molar-refractivity contribution in [1.82, 2.24) is 0 Å². The molecule has 0 bridgehead atoms. The molecule has 0 heterocycles. The van der Waals surface area contributed by atoms with Gasteiger partial charge in [-0.05, 0) is 34.0 Å². The molecule has 0 unspecified atom stereocenters. The number of hydrogen-bond acceptors (Lipinski definition) is 1. The molecule has 15 heavy (non-hydrogen) atoms. The highest BCUT2D eigenvalue weighted by Crippen LogP contribution is 2.40. The number of fused-ring (bicyclic) bond motifs is 1. The third-order valence-corrected chi connectivity index (χ3v) is 3.36. The predicted molar refractivity (Wildman–Crippen MR) is 51.8 cm³/mol. The fraction of sp³-hybridized carbons (Fsp3) is 0.300. The second kappa shape index (κ2) is 3.33. The van der Waals surface area contributed by atoms with Gasteiger partial charge in [0.1, 0.15) is 0 Å². The fourth-order valence-corrected chi connectivity index (χ4v) is 2.49. The highest BCUT2D eigenvalue weighted by atomic mass is 79.9. The molecular weight excluding hydrogens is 273 g/mol. The van der Waals surface area contributed by atoms with E-state index >= 15 is 0 Å². The van der Waals surface area contributed by atoms with Crippen molar-refractivity contribution in [3.63, 3.8) is 0 Å². The van der Waals surface area contributed by atoms with E-state index in [2.05, 4.69) is 15.9 Å². The van der Waals surface area contributed by atoms with E-state index < -0.39 is 11.7 Å². The average molecular weight is 279 g/mol. The third kappa shape index (κ3) is 1.69. The predicted octanol–water partition coefficient (Wildman–Crippen LogP) is 3.60. The Morgan fingerprint density at radius 3 is 2.47 bits per heavy atom. The lowest BCUT2D eigenvalue weighted by Gasteiger charge is -2.11. The van der Waals surface area contributed by atoms with E-state index in [1.807, 2.05) is 0 Å². The summed E-state index contributed by atoms with van der Waals surface area (Å²) in [6.45, 7) is 0. The van der Waals surface area contributed by atoms with Crippen LogP contribution in [0.5, 0.6) is 0 Å². The standard InChI is InChI=1S/C10H6BrF3O/c11-9-6-2-4-8(15)5(6)1-3-7(9)10(12,13)14/h1,3H,2,4H2. The molecule has 1 aromatic carbocycles. The Kier molecular flexibility index (Phi) is 2.37. The summed E-state index contributed by atoms with van der Waals surface area (Å²) < 4.78 is 37.5. The first-order valence-corrected chi connectivity index (χ1v) is 5.12. The van der Waals surface area contributed by atoms with Crippen molar-refractivity contribution in [2.75, 3.05) is 0 Å². The van der Waals surface area contributed by atoms with Crippen molar-refractivity contribution in [2.24, 2.45) is 0 Å². The molecule has 1 aromatic rings. The lowest BCUT2D eigenvalue weighted by molar-refractivity contribution is -0.138. The molecule has 0 aromatic heterocycles. The molecule has 0 radical (unpaired) electrons. The van der Waals surface area contributed by atoms with Crippen molar-refractivity contribution in [1.29, 1.82) is 0 Å². The van der Waals surface area contributed by atoms with E-state index in [1.165, 1.54) is 6.07 Å². The first-order valence-electron chi connectivity index (χ1n) is 4.33. The van der Waals surface area contributed by atoms with Crippen LogP contribution >= 0.6 is 15.9 Å². The Balaban J connectivity index is 2.61. The summed E-state index contributed by atoms with van der Waals surface area (Å²) in [6.07, 6.45) is -3.69. The van der Waals surface area contributed by atoms with E-state index in [4.69, 9.17) is 0 Å². The summed E-state index contributed by atoms with van der Waals surface area (Å²) in [5.74, 6) is -0.0839. The van der Waals surface area contributed by atoms with Crippen LogP contribution in [0.4, 0.5) is 13.2 Å². The number of halogens is 4. The maximum absolute atomic E-state index is 12.5. The number of Topliss-reactive ketones (excluding diaryl/α,β-unsaturated/α-hetero) is 1. The van der Waals surface area contributed by atoms with Crippen LogP contribution in [-0.2, 0) is 12.6 Å². The van der Waals surface area contributed by atoms with Crippen molar-refractivity contribution in [2.45, 2.75) is 19.0 Å². The molecule has 0 fully saturated rings. The largest absolute Gasteiger partial charge is 0.417 e. The van der Waals surface area contributed by atoms with E-state index in [0.29, 0.717) is 24.0 Å². The molecule has 0 spiro atoms. The van der Waals surface area contributed by atoms with Crippen LogP contribution in [0.2, 0.25) is 0 Å². The Hall–Kier alpha value is -0.840. The number of ketones is 1.